The van der Waals surface area contributed by atoms with Gasteiger partial charge in [0.15, 0.2) is 5.78 Å². The van der Waals surface area contributed by atoms with Crippen molar-refractivity contribution >= 4 is 5.78 Å². The third kappa shape index (κ3) is 3.42. The Hall–Kier alpha value is -2.20. The fraction of sp³-hybridized carbons (Fsp3) is 0.188. The first-order valence-corrected chi connectivity index (χ1v) is 6.24. The van der Waals surface area contributed by atoms with Gasteiger partial charge in [0.1, 0.15) is 24.3 Å². The zero-order chi connectivity index (χ0) is 14.5. The molecule has 2 aromatic rings. The molecule has 0 heterocycles. The lowest BCUT2D eigenvalue weighted by molar-refractivity contribution is 0.101. The number of Topliss-reactive ketones (excluding diaryl/α,β-unsaturated/α-hetero) is 1. The van der Waals surface area contributed by atoms with Crippen molar-refractivity contribution in [1.29, 1.82) is 0 Å². The second kappa shape index (κ2) is 6.30. The summed E-state index contributed by atoms with van der Waals surface area (Å²) in [6.07, 6.45) is -1.06. The van der Waals surface area contributed by atoms with E-state index in [1.165, 1.54) is 19.1 Å². The van der Waals surface area contributed by atoms with Gasteiger partial charge in [-0.25, -0.2) is 4.39 Å². The number of ketones is 1. The van der Waals surface area contributed by atoms with Crippen LogP contribution >= 0.6 is 0 Å². The predicted octanol–water partition coefficient (Wildman–Crippen LogP) is 3.14. The van der Waals surface area contributed by atoms with Gasteiger partial charge in [-0.3, -0.25) is 4.79 Å². The van der Waals surface area contributed by atoms with Gasteiger partial charge in [0.25, 0.3) is 0 Å². The minimum absolute atomic E-state index is 0.0647. The monoisotopic (exact) mass is 274 g/mol. The van der Waals surface area contributed by atoms with Crippen molar-refractivity contribution in [3.05, 3.63) is 65.5 Å². The summed E-state index contributed by atoms with van der Waals surface area (Å²) in [4.78, 5) is 11.2. The van der Waals surface area contributed by atoms with E-state index < -0.39 is 11.9 Å². The van der Waals surface area contributed by atoms with Gasteiger partial charge in [-0.15, -0.1) is 0 Å². The molecule has 104 valence electrons. The topological polar surface area (TPSA) is 46.5 Å². The van der Waals surface area contributed by atoms with Gasteiger partial charge in [0.05, 0.1) is 0 Å². The first-order valence-electron chi connectivity index (χ1n) is 6.24. The maximum absolute atomic E-state index is 13.5. The molecular weight excluding hydrogens is 259 g/mol. The number of rotatable bonds is 5. The smallest absolute Gasteiger partial charge is 0.159 e. The van der Waals surface area contributed by atoms with Gasteiger partial charge < -0.3 is 9.84 Å². The highest BCUT2D eigenvalue weighted by molar-refractivity contribution is 5.94. The van der Waals surface area contributed by atoms with Gasteiger partial charge in [0, 0.05) is 11.1 Å². The van der Waals surface area contributed by atoms with E-state index in [0.29, 0.717) is 11.3 Å². The van der Waals surface area contributed by atoms with Crippen LogP contribution in [-0.2, 0) is 0 Å². The summed E-state index contributed by atoms with van der Waals surface area (Å²) in [5.41, 5.74) is 0.720. The molecule has 0 radical (unpaired) electrons. The molecular formula is C16H15FO3. The molecule has 1 N–H and O–H groups in total. The third-order valence-corrected chi connectivity index (χ3v) is 2.91. The van der Waals surface area contributed by atoms with Crippen LogP contribution in [0.4, 0.5) is 4.39 Å². The molecule has 1 unspecified atom stereocenters. The van der Waals surface area contributed by atoms with E-state index in [-0.39, 0.29) is 18.0 Å². The number of hydrogen-bond donors (Lipinski definition) is 1. The Morgan fingerprint density at radius 3 is 2.70 bits per heavy atom. The number of aliphatic hydroxyl groups excluding tert-OH is 1. The Labute approximate surface area is 116 Å². The SMILES string of the molecule is CC(=O)c1cccc(OCC(O)c2ccccc2F)c1. The van der Waals surface area contributed by atoms with Crippen molar-refractivity contribution < 1.29 is 19.0 Å². The van der Waals surface area contributed by atoms with Crippen LogP contribution in [0.3, 0.4) is 0 Å². The molecule has 0 saturated heterocycles. The molecule has 20 heavy (non-hydrogen) atoms. The molecule has 4 heteroatoms. The number of carbonyl (C=O) groups is 1. The molecule has 3 nitrogen and oxygen atoms in total. The van der Waals surface area contributed by atoms with Crippen molar-refractivity contribution in [2.75, 3.05) is 6.61 Å². The van der Waals surface area contributed by atoms with Gasteiger partial charge >= 0.3 is 0 Å². The van der Waals surface area contributed by atoms with Gasteiger partial charge in [-0.2, -0.15) is 0 Å². The summed E-state index contributed by atoms with van der Waals surface area (Å²) in [5.74, 6) is -0.0701. The van der Waals surface area contributed by atoms with E-state index in [1.807, 2.05) is 0 Å². The van der Waals surface area contributed by atoms with Crippen LogP contribution in [0.5, 0.6) is 5.75 Å². The summed E-state index contributed by atoms with van der Waals surface area (Å²) in [6, 6.07) is 12.7. The van der Waals surface area contributed by atoms with E-state index in [2.05, 4.69) is 0 Å². The normalized spacial score (nSPS) is 11.9. The number of aliphatic hydroxyl groups is 1. The highest BCUT2D eigenvalue weighted by Crippen LogP contribution is 2.19. The maximum Gasteiger partial charge on any atom is 0.159 e. The van der Waals surface area contributed by atoms with Crippen LogP contribution in [0.1, 0.15) is 28.9 Å². The summed E-state index contributed by atoms with van der Waals surface area (Å²) in [5, 5.41) is 9.91. The molecule has 0 amide bonds. The highest BCUT2D eigenvalue weighted by atomic mass is 19.1. The van der Waals surface area contributed by atoms with Crippen LogP contribution in [0.25, 0.3) is 0 Å². The molecule has 1 atom stereocenters. The van der Waals surface area contributed by atoms with E-state index in [0.717, 1.165) is 0 Å². The van der Waals surface area contributed by atoms with Gasteiger partial charge in [-0.05, 0) is 25.1 Å². The summed E-state index contributed by atoms with van der Waals surface area (Å²) in [7, 11) is 0. The van der Waals surface area contributed by atoms with Crippen molar-refractivity contribution in [2.45, 2.75) is 13.0 Å². The summed E-state index contributed by atoms with van der Waals surface area (Å²) < 4.78 is 18.9. The average molecular weight is 274 g/mol. The standard InChI is InChI=1S/C16H15FO3/c1-11(18)12-5-4-6-13(9-12)20-10-16(19)14-7-2-3-8-15(14)17/h2-9,16,19H,10H2,1H3. The summed E-state index contributed by atoms with van der Waals surface area (Å²) >= 11 is 0. The van der Waals surface area contributed by atoms with E-state index in [9.17, 15) is 14.3 Å². The van der Waals surface area contributed by atoms with Crippen molar-refractivity contribution in [3.63, 3.8) is 0 Å². The Kier molecular flexibility index (Phi) is 4.48. The molecule has 0 aliphatic carbocycles. The molecule has 0 aromatic heterocycles. The molecule has 0 saturated carbocycles. The van der Waals surface area contributed by atoms with Crippen LogP contribution < -0.4 is 4.74 Å². The zero-order valence-corrected chi connectivity index (χ0v) is 11.0. The lowest BCUT2D eigenvalue weighted by atomic mass is 10.1. The lowest BCUT2D eigenvalue weighted by Gasteiger charge is -2.13. The minimum Gasteiger partial charge on any atom is -0.491 e. The fourth-order valence-electron chi connectivity index (χ4n) is 1.82. The van der Waals surface area contributed by atoms with E-state index >= 15 is 0 Å². The first kappa shape index (κ1) is 14.2. The molecule has 0 aliphatic heterocycles. The quantitative estimate of drug-likeness (QED) is 0.852. The number of carbonyl (C=O) groups excluding carboxylic acids is 1. The molecule has 0 bridgehead atoms. The van der Waals surface area contributed by atoms with Crippen molar-refractivity contribution in [3.8, 4) is 5.75 Å². The van der Waals surface area contributed by atoms with Crippen LogP contribution in [0, 0.1) is 5.82 Å². The van der Waals surface area contributed by atoms with Crippen LogP contribution in [0.15, 0.2) is 48.5 Å². The number of halogens is 1. The second-order valence-corrected chi connectivity index (χ2v) is 4.43. The first-order chi connectivity index (χ1) is 9.58. The molecule has 2 rings (SSSR count). The van der Waals surface area contributed by atoms with E-state index in [1.54, 1.807) is 36.4 Å². The second-order valence-electron chi connectivity index (χ2n) is 4.43. The molecule has 0 aliphatic rings. The Bertz CT molecular complexity index is 610. The zero-order valence-electron chi connectivity index (χ0n) is 11.0. The number of hydrogen-bond acceptors (Lipinski definition) is 3. The predicted molar refractivity (Wildman–Crippen MR) is 73.3 cm³/mol. The average Bonchev–Trinajstić information content (AvgIpc) is 2.45. The number of ether oxygens (including phenoxy) is 1. The van der Waals surface area contributed by atoms with Crippen molar-refractivity contribution in [1.82, 2.24) is 0 Å². The van der Waals surface area contributed by atoms with Crippen LogP contribution in [-0.4, -0.2) is 17.5 Å². The summed E-state index contributed by atoms with van der Waals surface area (Å²) in [6.45, 7) is 1.38. The molecule has 2 aromatic carbocycles. The van der Waals surface area contributed by atoms with Crippen LogP contribution in [0.2, 0.25) is 0 Å². The van der Waals surface area contributed by atoms with E-state index in [4.69, 9.17) is 4.74 Å². The molecule has 0 fully saturated rings. The largest absolute Gasteiger partial charge is 0.491 e. The maximum atomic E-state index is 13.5. The van der Waals surface area contributed by atoms with Gasteiger partial charge in [-0.1, -0.05) is 30.3 Å². The Balaban J connectivity index is 2.04. The Morgan fingerprint density at radius 2 is 2.00 bits per heavy atom. The lowest BCUT2D eigenvalue weighted by Crippen LogP contribution is -2.11. The third-order valence-electron chi connectivity index (χ3n) is 2.91. The molecule has 0 spiro atoms. The Morgan fingerprint density at radius 1 is 1.25 bits per heavy atom. The fourth-order valence-corrected chi connectivity index (χ4v) is 1.82. The highest BCUT2D eigenvalue weighted by Gasteiger charge is 2.13. The minimum atomic E-state index is -1.06. The van der Waals surface area contributed by atoms with Gasteiger partial charge in [0.2, 0.25) is 0 Å². The van der Waals surface area contributed by atoms with Crippen molar-refractivity contribution in [2.24, 2.45) is 0 Å². The number of benzene rings is 2.